The van der Waals surface area contributed by atoms with E-state index in [-0.39, 0.29) is 23.6 Å². The first kappa shape index (κ1) is 27.8. The molecule has 1 aliphatic rings. The molecule has 2 heterocycles. The van der Waals surface area contributed by atoms with Crippen LogP contribution in [0.3, 0.4) is 0 Å². The number of esters is 1. The minimum Gasteiger partial charge on any atom is -0.467 e. The highest BCUT2D eigenvalue weighted by molar-refractivity contribution is 7.89. The van der Waals surface area contributed by atoms with Gasteiger partial charge in [-0.1, -0.05) is 30.9 Å². The maximum Gasteiger partial charge on any atom is 0.408 e. The molecule has 2 N–H and O–H groups in total. The van der Waals surface area contributed by atoms with Crippen molar-refractivity contribution in [3.05, 3.63) is 82.6 Å². The van der Waals surface area contributed by atoms with Crippen molar-refractivity contribution in [1.82, 2.24) is 14.6 Å². The quantitative estimate of drug-likeness (QED) is 0.166. The Morgan fingerprint density at radius 3 is 2.62 bits per heavy atom. The van der Waals surface area contributed by atoms with Crippen molar-refractivity contribution in [1.29, 1.82) is 0 Å². The minimum atomic E-state index is -4.05. The van der Waals surface area contributed by atoms with E-state index in [1.807, 2.05) is 28.8 Å². The molecule has 0 radical (unpaired) electrons. The number of aromatic nitrogens is 1. The molecule has 39 heavy (non-hydrogen) atoms. The fraction of sp³-hybridized carbons (Fsp3) is 0.308. The molecule has 0 saturated carbocycles. The molecular formula is C26H28N4O8S. The van der Waals surface area contributed by atoms with Crippen molar-refractivity contribution in [3.8, 4) is 0 Å². The van der Waals surface area contributed by atoms with Crippen LogP contribution in [0.15, 0.2) is 66.1 Å². The zero-order chi connectivity index (χ0) is 28.2. The van der Waals surface area contributed by atoms with E-state index in [9.17, 15) is 28.1 Å². The van der Waals surface area contributed by atoms with Crippen molar-refractivity contribution in [3.63, 3.8) is 0 Å². The van der Waals surface area contributed by atoms with Crippen molar-refractivity contribution in [2.45, 2.75) is 42.8 Å². The number of hydrogen-bond acceptors (Lipinski definition) is 8. The lowest BCUT2D eigenvalue weighted by molar-refractivity contribution is -0.384. The normalized spacial score (nSPS) is 15.7. The Hall–Kier alpha value is -4.23. The summed E-state index contributed by atoms with van der Waals surface area (Å²) in [5.41, 5.74) is 1.99. The summed E-state index contributed by atoms with van der Waals surface area (Å²) in [7, 11) is -2.85. The number of nitrogens with one attached hydrogen (secondary N) is 2. The number of non-ortho nitro benzene ring substituents is 1. The molecule has 0 spiro atoms. The number of para-hydroxylation sites is 1. The molecule has 13 heteroatoms. The number of amides is 1. The third kappa shape index (κ3) is 5.94. The van der Waals surface area contributed by atoms with E-state index in [2.05, 4.69) is 16.6 Å². The van der Waals surface area contributed by atoms with Gasteiger partial charge >= 0.3 is 12.1 Å². The number of hydrogen-bond donors (Lipinski definition) is 2. The second-order valence-corrected chi connectivity index (χ2v) is 10.6. The molecule has 1 aromatic heterocycles. The maximum absolute atomic E-state index is 13.3. The van der Waals surface area contributed by atoms with Crippen LogP contribution < -0.4 is 10.0 Å². The van der Waals surface area contributed by atoms with Crippen LogP contribution in [0, 0.1) is 10.1 Å². The lowest BCUT2D eigenvalue weighted by Crippen LogP contribution is -2.43. The van der Waals surface area contributed by atoms with Crippen LogP contribution in [0.1, 0.15) is 30.1 Å². The number of benzene rings is 2. The number of ether oxygens (including phenoxy) is 2. The standard InChI is InChI=1S/C26H28N4O8S/c1-3-15-38-26(32)27-22(25(31)37-2)16-20-19-7-4-5-9-23(19)29-14-6-8-21(24(20)29)28-39(35,36)18-12-10-17(11-13-18)30(33)34/h3-5,7,9-13,21-22,28H,1,6,8,14-16H2,2H3,(H,27,32)/t21-,22-/m0/s1. The van der Waals surface area contributed by atoms with Gasteiger partial charge in [0.25, 0.3) is 5.69 Å². The molecule has 0 saturated heterocycles. The minimum absolute atomic E-state index is 0.0223. The number of methoxy groups -OCH3 is 1. The van der Waals surface area contributed by atoms with Crippen LogP contribution in [0.5, 0.6) is 0 Å². The number of nitro groups is 1. The summed E-state index contributed by atoms with van der Waals surface area (Å²) in [6.07, 6.45) is 1.76. The van der Waals surface area contributed by atoms with E-state index < -0.39 is 39.1 Å². The fourth-order valence-electron chi connectivity index (χ4n) is 4.81. The predicted molar refractivity (Wildman–Crippen MR) is 142 cm³/mol. The molecule has 0 aliphatic carbocycles. The Bertz CT molecular complexity index is 1510. The van der Waals surface area contributed by atoms with Crippen molar-refractivity contribution >= 4 is 38.7 Å². The zero-order valence-corrected chi connectivity index (χ0v) is 22.0. The highest BCUT2D eigenvalue weighted by Gasteiger charge is 2.33. The number of nitrogens with zero attached hydrogens (tertiary/aromatic N) is 2. The van der Waals surface area contributed by atoms with Crippen LogP contribution in [0.4, 0.5) is 10.5 Å². The van der Waals surface area contributed by atoms with Gasteiger partial charge < -0.3 is 19.4 Å². The van der Waals surface area contributed by atoms with Crippen LogP contribution >= 0.6 is 0 Å². The van der Waals surface area contributed by atoms with Gasteiger partial charge in [-0.25, -0.2) is 22.7 Å². The van der Waals surface area contributed by atoms with Gasteiger partial charge in [0.1, 0.15) is 12.6 Å². The van der Waals surface area contributed by atoms with Gasteiger partial charge in [0.2, 0.25) is 10.0 Å². The fourth-order valence-corrected chi connectivity index (χ4v) is 6.05. The Balaban J connectivity index is 1.73. The van der Waals surface area contributed by atoms with E-state index in [1.54, 1.807) is 0 Å². The molecule has 1 amide bonds. The highest BCUT2D eigenvalue weighted by Crippen LogP contribution is 2.37. The number of carbonyl (C=O) groups is 2. The number of rotatable bonds is 10. The largest absolute Gasteiger partial charge is 0.467 e. The van der Waals surface area contributed by atoms with E-state index in [0.29, 0.717) is 30.6 Å². The second-order valence-electron chi connectivity index (χ2n) is 8.91. The first-order valence-electron chi connectivity index (χ1n) is 12.1. The van der Waals surface area contributed by atoms with Gasteiger partial charge in [-0.15, -0.1) is 0 Å². The van der Waals surface area contributed by atoms with Crippen LogP contribution in [-0.4, -0.2) is 49.7 Å². The molecule has 206 valence electrons. The molecular weight excluding hydrogens is 528 g/mol. The third-order valence-electron chi connectivity index (χ3n) is 6.50. The van der Waals surface area contributed by atoms with E-state index >= 15 is 0 Å². The van der Waals surface area contributed by atoms with Gasteiger partial charge in [0, 0.05) is 41.7 Å². The highest BCUT2D eigenvalue weighted by atomic mass is 32.2. The van der Waals surface area contributed by atoms with Crippen molar-refractivity contribution < 1.29 is 32.4 Å². The number of fused-ring (bicyclic) bond motifs is 3. The van der Waals surface area contributed by atoms with Gasteiger partial charge in [-0.3, -0.25) is 10.1 Å². The van der Waals surface area contributed by atoms with Crippen LogP contribution in [0.2, 0.25) is 0 Å². The van der Waals surface area contributed by atoms with Gasteiger partial charge in [-0.05, 0) is 36.6 Å². The number of nitro benzene ring substituents is 1. The molecule has 12 nitrogen and oxygen atoms in total. The van der Waals surface area contributed by atoms with Crippen molar-refractivity contribution in [2.75, 3.05) is 13.7 Å². The van der Waals surface area contributed by atoms with E-state index in [4.69, 9.17) is 9.47 Å². The number of carbonyl (C=O) groups excluding carboxylic acids is 2. The second kappa shape index (κ2) is 11.7. The Kier molecular flexibility index (Phi) is 8.31. The van der Waals surface area contributed by atoms with Crippen LogP contribution in [0.25, 0.3) is 10.9 Å². The molecule has 1 aliphatic heterocycles. The zero-order valence-electron chi connectivity index (χ0n) is 21.2. The summed E-state index contributed by atoms with van der Waals surface area (Å²) in [6.45, 7) is 4.08. The summed E-state index contributed by atoms with van der Waals surface area (Å²) >= 11 is 0. The van der Waals surface area contributed by atoms with Gasteiger partial charge in [0.05, 0.1) is 23.0 Å². The summed E-state index contributed by atoms with van der Waals surface area (Å²) in [6, 6.07) is 10.4. The Morgan fingerprint density at radius 1 is 1.23 bits per heavy atom. The monoisotopic (exact) mass is 556 g/mol. The van der Waals surface area contributed by atoms with Crippen molar-refractivity contribution in [2.24, 2.45) is 0 Å². The summed E-state index contributed by atoms with van der Waals surface area (Å²) in [5.74, 6) is -0.687. The lowest BCUT2D eigenvalue weighted by Gasteiger charge is -2.28. The SMILES string of the molecule is C=CCOC(=O)N[C@@H](Cc1c2n(c3ccccc13)CCC[C@@H]2NS(=O)(=O)c1ccc([N+](=O)[O-])cc1)C(=O)OC. The molecule has 2 aromatic carbocycles. The Labute approximate surface area is 224 Å². The summed E-state index contributed by atoms with van der Waals surface area (Å²) in [5, 5.41) is 14.3. The molecule has 0 fully saturated rings. The van der Waals surface area contributed by atoms with Crippen LogP contribution in [-0.2, 0) is 37.3 Å². The molecule has 0 bridgehead atoms. The number of alkyl carbamates (subject to hydrolysis) is 1. The van der Waals surface area contributed by atoms with E-state index in [1.165, 1.54) is 25.3 Å². The number of sulfonamides is 1. The molecule has 2 atom stereocenters. The molecule has 0 unspecified atom stereocenters. The first-order valence-corrected chi connectivity index (χ1v) is 13.6. The number of aryl methyl sites for hydroxylation is 1. The smallest absolute Gasteiger partial charge is 0.408 e. The summed E-state index contributed by atoms with van der Waals surface area (Å²) in [4.78, 5) is 35.2. The summed E-state index contributed by atoms with van der Waals surface area (Å²) < 4.78 is 41.2. The third-order valence-corrected chi connectivity index (χ3v) is 7.99. The maximum atomic E-state index is 13.3. The predicted octanol–water partition coefficient (Wildman–Crippen LogP) is 3.36. The van der Waals surface area contributed by atoms with Gasteiger partial charge in [0.15, 0.2) is 0 Å². The van der Waals surface area contributed by atoms with E-state index in [0.717, 1.165) is 23.0 Å². The molecule has 3 aromatic rings. The molecule has 4 rings (SSSR count). The average molecular weight is 557 g/mol. The first-order chi connectivity index (χ1) is 18.7. The topological polar surface area (TPSA) is 159 Å². The van der Waals surface area contributed by atoms with Gasteiger partial charge in [-0.2, -0.15) is 0 Å². The Morgan fingerprint density at radius 2 is 1.95 bits per heavy atom. The average Bonchev–Trinajstić information content (AvgIpc) is 3.25. The lowest BCUT2D eigenvalue weighted by atomic mass is 9.96.